The van der Waals surface area contributed by atoms with Gasteiger partial charge in [-0.25, -0.2) is 4.98 Å². The Balaban J connectivity index is 1.62. The Morgan fingerprint density at radius 3 is 2.56 bits per heavy atom. The van der Waals surface area contributed by atoms with Crippen molar-refractivity contribution in [3.8, 4) is 22.8 Å². The summed E-state index contributed by atoms with van der Waals surface area (Å²) in [4.78, 5) is 8.94. The number of aliphatic imine (C=N–C) groups is 1. The second-order valence-electron chi connectivity index (χ2n) is 5.61. The highest BCUT2D eigenvalue weighted by atomic mass is 32.1. The molecule has 3 aromatic rings. The van der Waals surface area contributed by atoms with Crippen molar-refractivity contribution in [3.63, 3.8) is 0 Å². The summed E-state index contributed by atoms with van der Waals surface area (Å²) in [5, 5.41) is 9.58. The Kier molecular flexibility index (Phi) is 6.27. The standard InChI is InChI=1S/C20H22N4O2S/c1-21-20(23-15-9-10-17(25-2)18(11-15)26-3)22-12-19-24-16(13-27-19)14-7-5-4-6-8-14/h4-11,13H,12H2,1-3H3,(H2,21,22,23). The Morgan fingerprint density at radius 1 is 1.07 bits per heavy atom. The largest absolute Gasteiger partial charge is 0.493 e. The van der Waals surface area contributed by atoms with Gasteiger partial charge in [0.15, 0.2) is 17.5 Å². The molecule has 2 N–H and O–H groups in total. The number of hydrogen-bond donors (Lipinski definition) is 2. The molecule has 0 fully saturated rings. The lowest BCUT2D eigenvalue weighted by Crippen LogP contribution is -2.30. The maximum Gasteiger partial charge on any atom is 0.195 e. The van der Waals surface area contributed by atoms with E-state index < -0.39 is 0 Å². The molecule has 0 amide bonds. The maximum atomic E-state index is 5.33. The topological polar surface area (TPSA) is 67.8 Å². The molecular weight excluding hydrogens is 360 g/mol. The van der Waals surface area contributed by atoms with E-state index >= 15 is 0 Å². The summed E-state index contributed by atoms with van der Waals surface area (Å²) >= 11 is 1.62. The number of guanidine groups is 1. The number of anilines is 1. The van der Waals surface area contributed by atoms with Crippen LogP contribution in [0.5, 0.6) is 11.5 Å². The molecule has 0 radical (unpaired) electrons. The van der Waals surface area contributed by atoms with Crippen LogP contribution in [0.3, 0.4) is 0 Å². The van der Waals surface area contributed by atoms with Gasteiger partial charge in [-0.1, -0.05) is 30.3 Å². The van der Waals surface area contributed by atoms with E-state index in [9.17, 15) is 0 Å². The van der Waals surface area contributed by atoms with Gasteiger partial charge >= 0.3 is 0 Å². The van der Waals surface area contributed by atoms with Gasteiger partial charge in [0, 0.05) is 29.7 Å². The van der Waals surface area contributed by atoms with Crippen molar-refractivity contribution in [2.75, 3.05) is 26.6 Å². The van der Waals surface area contributed by atoms with Gasteiger partial charge < -0.3 is 20.1 Å². The van der Waals surface area contributed by atoms with Gasteiger partial charge in [0.25, 0.3) is 0 Å². The predicted octanol–water partition coefficient (Wildman–Crippen LogP) is 4.01. The van der Waals surface area contributed by atoms with Gasteiger partial charge in [0.2, 0.25) is 0 Å². The van der Waals surface area contributed by atoms with Crippen molar-refractivity contribution < 1.29 is 9.47 Å². The van der Waals surface area contributed by atoms with Crippen LogP contribution in [0.4, 0.5) is 5.69 Å². The summed E-state index contributed by atoms with van der Waals surface area (Å²) in [5.74, 6) is 1.99. The third-order valence-corrected chi connectivity index (χ3v) is 4.75. The molecule has 0 aliphatic heterocycles. The Labute approximate surface area is 162 Å². The fourth-order valence-electron chi connectivity index (χ4n) is 2.52. The molecule has 0 spiro atoms. The van der Waals surface area contributed by atoms with Crippen LogP contribution >= 0.6 is 11.3 Å². The Bertz CT molecular complexity index is 909. The number of benzene rings is 2. The monoisotopic (exact) mass is 382 g/mol. The Morgan fingerprint density at radius 2 is 1.85 bits per heavy atom. The number of nitrogens with zero attached hydrogens (tertiary/aromatic N) is 2. The zero-order valence-corrected chi connectivity index (χ0v) is 16.3. The van der Waals surface area contributed by atoms with Crippen LogP contribution in [0.25, 0.3) is 11.3 Å². The highest BCUT2D eigenvalue weighted by Gasteiger charge is 2.08. The molecule has 1 aromatic heterocycles. The minimum absolute atomic E-state index is 0.588. The summed E-state index contributed by atoms with van der Waals surface area (Å²) in [6.07, 6.45) is 0. The quantitative estimate of drug-likeness (QED) is 0.498. The van der Waals surface area contributed by atoms with Gasteiger partial charge in [-0.3, -0.25) is 4.99 Å². The van der Waals surface area contributed by atoms with Crippen LogP contribution in [-0.2, 0) is 6.54 Å². The van der Waals surface area contributed by atoms with Gasteiger partial charge in [-0.2, -0.15) is 0 Å². The molecular formula is C20H22N4O2S. The van der Waals surface area contributed by atoms with E-state index in [1.54, 1.807) is 32.6 Å². The van der Waals surface area contributed by atoms with Crippen LogP contribution < -0.4 is 20.1 Å². The van der Waals surface area contributed by atoms with Crippen molar-refractivity contribution in [3.05, 3.63) is 58.9 Å². The van der Waals surface area contributed by atoms with Crippen LogP contribution in [0.15, 0.2) is 58.9 Å². The molecule has 6 nitrogen and oxygen atoms in total. The average Bonchev–Trinajstić information content (AvgIpc) is 3.20. The molecule has 0 atom stereocenters. The smallest absolute Gasteiger partial charge is 0.195 e. The number of nitrogens with one attached hydrogen (secondary N) is 2. The molecule has 2 aromatic carbocycles. The number of rotatable bonds is 6. The minimum Gasteiger partial charge on any atom is -0.493 e. The molecule has 3 rings (SSSR count). The first-order valence-corrected chi connectivity index (χ1v) is 9.31. The number of methoxy groups -OCH3 is 2. The number of thiazole rings is 1. The second kappa shape index (κ2) is 9.05. The first kappa shape index (κ1) is 18.7. The third-order valence-electron chi connectivity index (χ3n) is 3.90. The number of ether oxygens (including phenoxy) is 2. The molecule has 7 heteroatoms. The fourth-order valence-corrected chi connectivity index (χ4v) is 3.27. The summed E-state index contributed by atoms with van der Waals surface area (Å²) < 4.78 is 10.6. The molecule has 140 valence electrons. The summed E-state index contributed by atoms with van der Waals surface area (Å²) in [6, 6.07) is 15.8. The van der Waals surface area contributed by atoms with Crippen LogP contribution in [0.1, 0.15) is 5.01 Å². The molecule has 27 heavy (non-hydrogen) atoms. The van der Waals surface area contributed by atoms with E-state index in [2.05, 4.69) is 38.1 Å². The van der Waals surface area contributed by atoms with Crippen molar-refractivity contribution in [1.29, 1.82) is 0 Å². The lowest BCUT2D eigenvalue weighted by molar-refractivity contribution is 0.355. The molecule has 0 aliphatic carbocycles. The molecule has 0 saturated heterocycles. The zero-order valence-electron chi connectivity index (χ0n) is 15.5. The molecule has 1 heterocycles. The third kappa shape index (κ3) is 4.77. The van der Waals surface area contributed by atoms with E-state index in [1.807, 2.05) is 36.4 Å². The van der Waals surface area contributed by atoms with E-state index in [1.165, 1.54) is 0 Å². The lowest BCUT2D eigenvalue weighted by Gasteiger charge is -2.13. The lowest BCUT2D eigenvalue weighted by atomic mass is 10.2. The number of hydrogen-bond acceptors (Lipinski definition) is 5. The Hall–Kier alpha value is -3.06. The van der Waals surface area contributed by atoms with Crippen molar-refractivity contribution in [2.45, 2.75) is 6.54 Å². The van der Waals surface area contributed by atoms with E-state index in [0.717, 1.165) is 22.0 Å². The first-order valence-electron chi connectivity index (χ1n) is 8.43. The molecule has 0 saturated carbocycles. The fraction of sp³-hybridized carbons (Fsp3) is 0.200. The average molecular weight is 382 g/mol. The molecule has 0 unspecified atom stereocenters. The highest BCUT2D eigenvalue weighted by molar-refractivity contribution is 7.09. The van der Waals surface area contributed by atoms with Crippen molar-refractivity contribution in [2.24, 2.45) is 4.99 Å². The van der Waals surface area contributed by atoms with Gasteiger partial charge in [0.05, 0.1) is 26.5 Å². The van der Waals surface area contributed by atoms with E-state index in [-0.39, 0.29) is 0 Å². The van der Waals surface area contributed by atoms with Crippen LogP contribution in [0, 0.1) is 0 Å². The van der Waals surface area contributed by atoms with Crippen molar-refractivity contribution >= 4 is 23.0 Å². The highest BCUT2D eigenvalue weighted by Crippen LogP contribution is 2.29. The summed E-state index contributed by atoms with van der Waals surface area (Å²) in [6.45, 7) is 0.588. The summed E-state index contributed by atoms with van der Waals surface area (Å²) in [7, 11) is 4.96. The second-order valence-corrected chi connectivity index (χ2v) is 6.56. The SMILES string of the molecule is CN=C(NCc1nc(-c2ccccc2)cs1)Nc1ccc(OC)c(OC)c1. The normalized spacial score (nSPS) is 11.1. The van der Waals surface area contributed by atoms with Gasteiger partial charge in [-0.05, 0) is 12.1 Å². The van der Waals surface area contributed by atoms with Gasteiger partial charge in [0.1, 0.15) is 5.01 Å². The van der Waals surface area contributed by atoms with Crippen LogP contribution in [-0.4, -0.2) is 32.2 Å². The van der Waals surface area contributed by atoms with Crippen LogP contribution in [0.2, 0.25) is 0 Å². The predicted molar refractivity (Wildman–Crippen MR) is 111 cm³/mol. The zero-order chi connectivity index (χ0) is 19.1. The van der Waals surface area contributed by atoms with Crippen molar-refractivity contribution in [1.82, 2.24) is 10.3 Å². The summed E-state index contributed by atoms with van der Waals surface area (Å²) in [5.41, 5.74) is 2.96. The molecule has 0 aliphatic rings. The maximum absolute atomic E-state index is 5.33. The molecule has 0 bridgehead atoms. The van der Waals surface area contributed by atoms with Gasteiger partial charge in [-0.15, -0.1) is 11.3 Å². The first-order chi connectivity index (χ1) is 13.2. The van der Waals surface area contributed by atoms with E-state index in [0.29, 0.717) is 24.0 Å². The number of aromatic nitrogens is 1. The van der Waals surface area contributed by atoms with E-state index in [4.69, 9.17) is 9.47 Å². The minimum atomic E-state index is 0.588.